The van der Waals surface area contributed by atoms with E-state index in [0.717, 1.165) is 5.56 Å². The van der Waals surface area contributed by atoms with Crippen molar-refractivity contribution in [2.24, 2.45) is 0 Å². The first-order valence-electron chi connectivity index (χ1n) is 3.99. The van der Waals surface area contributed by atoms with Crippen LogP contribution in [0.5, 0.6) is 0 Å². The van der Waals surface area contributed by atoms with Gasteiger partial charge in [0, 0.05) is 23.5 Å². The van der Waals surface area contributed by atoms with Gasteiger partial charge in [0.25, 0.3) is 0 Å². The van der Waals surface area contributed by atoms with Gasteiger partial charge < -0.3 is 0 Å². The molecule has 0 bridgehead atoms. The molecule has 70 valence electrons. The van der Waals surface area contributed by atoms with Crippen LogP contribution in [0.4, 0.5) is 4.39 Å². The lowest BCUT2D eigenvalue weighted by atomic mass is 10.1. The lowest BCUT2D eigenvalue weighted by Crippen LogP contribution is -1.87. The van der Waals surface area contributed by atoms with Gasteiger partial charge in [0.1, 0.15) is 10.4 Å². The van der Waals surface area contributed by atoms with E-state index in [1.807, 2.05) is 0 Å². The number of aromatic nitrogens is 2. The first-order valence-corrected chi connectivity index (χ1v) is 4.79. The SMILES string of the molecule is Fc1cnccc1-c1cccnc1Br. The molecule has 0 aliphatic rings. The lowest BCUT2D eigenvalue weighted by molar-refractivity contribution is 0.625. The topological polar surface area (TPSA) is 25.8 Å². The van der Waals surface area contributed by atoms with Gasteiger partial charge in [-0.3, -0.25) is 4.98 Å². The fraction of sp³-hybridized carbons (Fsp3) is 0. The first kappa shape index (κ1) is 9.27. The Balaban J connectivity index is 2.61. The summed E-state index contributed by atoms with van der Waals surface area (Å²) >= 11 is 3.27. The van der Waals surface area contributed by atoms with E-state index >= 15 is 0 Å². The molecule has 0 aromatic carbocycles. The molecule has 0 spiro atoms. The van der Waals surface area contributed by atoms with Gasteiger partial charge in [0.05, 0.1) is 6.20 Å². The normalized spacial score (nSPS) is 10.1. The summed E-state index contributed by atoms with van der Waals surface area (Å²) < 4.78 is 14.0. The minimum absolute atomic E-state index is 0.346. The Morgan fingerprint density at radius 2 is 2.00 bits per heavy atom. The van der Waals surface area contributed by atoms with E-state index < -0.39 is 0 Å². The van der Waals surface area contributed by atoms with Crippen molar-refractivity contribution in [2.75, 3.05) is 0 Å². The first-order chi connectivity index (χ1) is 6.79. The molecule has 0 amide bonds. The van der Waals surface area contributed by atoms with Gasteiger partial charge in [-0.2, -0.15) is 0 Å². The van der Waals surface area contributed by atoms with Crippen LogP contribution < -0.4 is 0 Å². The van der Waals surface area contributed by atoms with Crippen molar-refractivity contribution in [3.63, 3.8) is 0 Å². The second-order valence-electron chi connectivity index (χ2n) is 2.70. The predicted molar refractivity (Wildman–Crippen MR) is 55.1 cm³/mol. The number of rotatable bonds is 1. The quantitative estimate of drug-likeness (QED) is 0.730. The molecule has 0 fully saturated rings. The van der Waals surface area contributed by atoms with E-state index in [9.17, 15) is 4.39 Å². The van der Waals surface area contributed by atoms with Crippen LogP contribution in [0.1, 0.15) is 0 Å². The molecule has 2 aromatic heterocycles. The summed E-state index contributed by atoms with van der Waals surface area (Å²) in [6.45, 7) is 0. The zero-order valence-corrected chi connectivity index (χ0v) is 8.70. The highest BCUT2D eigenvalue weighted by Gasteiger charge is 2.07. The fourth-order valence-corrected chi connectivity index (χ4v) is 1.64. The van der Waals surface area contributed by atoms with E-state index in [2.05, 4.69) is 25.9 Å². The summed E-state index contributed by atoms with van der Waals surface area (Å²) in [6, 6.07) is 5.19. The Morgan fingerprint density at radius 1 is 1.14 bits per heavy atom. The third-order valence-electron chi connectivity index (χ3n) is 1.82. The van der Waals surface area contributed by atoms with Crippen LogP contribution in [0, 0.1) is 5.82 Å². The Kier molecular flexibility index (Phi) is 2.54. The average Bonchev–Trinajstić information content (AvgIpc) is 2.20. The summed E-state index contributed by atoms with van der Waals surface area (Å²) in [5.41, 5.74) is 1.23. The van der Waals surface area contributed by atoms with Crippen molar-refractivity contribution >= 4 is 15.9 Å². The maximum absolute atomic E-state index is 13.3. The van der Waals surface area contributed by atoms with Crippen LogP contribution in [-0.4, -0.2) is 9.97 Å². The van der Waals surface area contributed by atoms with E-state index in [-0.39, 0.29) is 5.82 Å². The minimum Gasteiger partial charge on any atom is -0.262 e. The molecule has 4 heteroatoms. The fourth-order valence-electron chi connectivity index (χ4n) is 1.18. The summed E-state index contributed by atoms with van der Waals surface area (Å²) in [6.07, 6.45) is 4.39. The van der Waals surface area contributed by atoms with E-state index in [0.29, 0.717) is 10.2 Å². The number of nitrogens with zero attached hydrogens (tertiary/aromatic N) is 2. The van der Waals surface area contributed by atoms with Gasteiger partial charge in [-0.1, -0.05) is 6.07 Å². The molecule has 2 nitrogen and oxygen atoms in total. The van der Waals surface area contributed by atoms with E-state index in [1.165, 1.54) is 6.20 Å². The smallest absolute Gasteiger partial charge is 0.149 e. The molecule has 14 heavy (non-hydrogen) atoms. The number of pyridine rings is 2. The summed E-state index contributed by atoms with van der Waals surface area (Å²) in [7, 11) is 0. The Labute approximate surface area is 89.0 Å². The average molecular weight is 253 g/mol. The molecule has 0 aliphatic carbocycles. The lowest BCUT2D eigenvalue weighted by Gasteiger charge is -2.03. The van der Waals surface area contributed by atoms with Crippen LogP contribution >= 0.6 is 15.9 Å². The molecule has 2 rings (SSSR count). The third kappa shape index (κ3) is 1.65. The summed E-state index contributed by atoms with van der Waals surface area (Å²) in [5, 5.41) is 0. The van der Waals surface area contributed by atoms with Crippen LogP contribution in [-0.2, 0) is 0 Å². The summed E-state index contributed by atoms with van der Waals surface area (Å²) in [4.78, 5) is 7.72. The zero-order chi connectivity index (χ0) is 9.97. The maximum Gasteiger partial charge on any atom is 0.149 e. The molecule has 0 radical (unpaired) electrons. The highest BCUT2D eigenvalue weighted by Crippen LogP contribution is 2.27. The van der Waals surface area contributed by atoms with Gasteiger partial charge in [-0.25, -0.2) is 9.37 Å². The number of hydrogen-bond acceptors (Lipinski definition) is 2. The van der Waals surface area contributed by atoms with Crippen molar-refractivity contribution < 1.29 is 4.39 Å². The van der Waals surface area contributed by atoms with Gasteiger partial charge in [0.2, 0.25) is 0 Å². The molecule has 2 aromatic rings. The second kappa shape index (κ2) is 3.84. The van der Waals surface area contributed by atoms with Gasteiger partial charge >= 0.3 is 0 Å². The van der Waals surface area contributed by atoms with E-state index in [4.69, 9.17) is 0 Å². The van der Waals surface area contributed by atoms with Gasteiger partial charge in [0.15, 0.2) is 0 Å². The van der Waals surface area contributed by atoms with Crippen LogP contribution in [0.25, 0.3) is 11.1 Å². The molecule has 0 saturated carbocycles. The van der Waals surface area contributed by atoms with Crippen LogP contribution in [0.2, 0.25) is 0 Å². The highest BCUT2D eigenvalue weighted by molar-refractivity contribution is 9.10. The minimum atomic E-state index is -0.346. The zero-order valence-electron chi connectivity index (χ0n) is 7.11. The predicted octanol–water partition coefficient (Wildman–Crippen LogP) is 3.05. The van der Waals surface area contributed by atoms with Crippen LogP contribution in [0.15, 0.2) is 41.4 Å². The Hall–Kier alpha value is -1.29. The highest BCUT2D eigenvalue weighted by atomic mass is 79.9. The molecular weight excluding hydrogens is 247 g/mol. The summed E-state index contributed by atoms with van der Waals surface area (Å²) in [5.74, 6) is -0.346. The largest absolute Gasteiger partial charge is 0.262 e. The number of halogens is 2. The number of hydrogen-bond donors (Lipinski definition) is 0. The van der Waals surface area contributed by atoms with Crippen molar-refractivity contribution in [3.8, 4) is 11.1 Å². The molecule has 0 aliphatic heterocycles. The molecule has 0 unspecified atom stereocenters. The van der Waals surface area contributed by atoms with E-state index in [1.54, 1.807) is 30.6 Å². The molecule has 0 N–H and O–H groups in total. The molecule has 2 heterocycles. The monoisotopic (exact) mass is 252 g/mol. The Morgan fingerprint density at radius 3 is 2.71 bits per heavy atom. The third-order valence-corrected chi connectivity index (χ3v) is 2.45. The van der Waals surface area contributed by atoms with Gasteiger partial charge in [-0.15, -0.1) is 0 Å². The van der Waals surface area contributed by atoms with Crippen molar-refractivity contribution in [3.05, 3.63) is 47.2 Å². The molecule has 0 atom stereocenters. The second-order valence-corrected chi connectivity index (χ2v) is 3.45. The van der Waals surface area contributed by atoms with Crippen molar-refractivity contribution in [1.29, 1.82) is 0 Å². The van der Waals surface area contributed by atoms with Crippen molar-refractivity contribution in [2.45, 2.75) is 0 Å². The standard InChI is InChI=1S/C10H6BrFN2/c11-10-8(2-1-4-14-10)7-3-5-13-6-9(7)12/h1-6H. The molecule has 0 saturated heterocycles. The van der Waals surface area contributed by atoms with Crippen LogP contribution in [0.3, 0.4) is 0 Å². The van der Waals surface area contributed by atoms with Gasteiger partial charge in [-0.05, 0) is 28.1 Å². The molecular formula is C10H6BrFN2. The Bertz CT molecular complexity index is 416. The maximum atomic E-state index is 13.3. The van der Waals surface area contributed by atoms with Crippen molar-refractivity contribution in [1.82, 2.24) is 9.97 Å².